The SMILES string of the molecule is NC(=O)N1CCC(c2ccc(-c3cc4nccnc4c(NCC4CNCCO4)n3)cc2)CC1. The minimum absolute atomic E-state index is 0.0937. The predicted molar refractivity (Wildman–Crippen MR) is 127 cm³/mol. The summed E-state index contributed by atoms with van der Waals surface area (Å²) >= 11 is 0. The second-order valence-electron chi connectivity index (χ2n) is 8.58. The molecule has 0 radical (unpaired) electrons. The third-order valence-corrected chi connectivity index (χ3v) is 6.44. The Morgan fingerprint density at radius 2 is 1.97 bits per heavy atom. The molecule has 2 aliphatic heterocycles. The van der Waals surface area contributed by atoms with Crippen molar-refractivity contribution in [3.63, 3.8) is 0 Å². The first-order valence-corrected chi connectivity index (χ1v) is 11.5. The summed E-state index contributed by atoms with van der Waals surface area (Å²) in [5, 5.41) is 6.77. The molecule has 0 aliphatic carbocycles. The number of likely N-dealkylation sites (tertiary alicyclic amines) is 1. The highest BCUT2D eigenvalue weighted by molar-refractivity contribution is 5.88. The molecule has 0 saturated carbocycles. The Morgan fingerprint density at radius 3 is 2.70 bits per heavy atom. The minimum atomic E-state index is -0.329. The molecule has 33 heavy (non-hydrogen) atoms. The van der Waals surface area contributed by atoms with Crippen molar-refractivity contribution in [2.45, 2.75) is 24.9 Å². The van der Waals surface area contributed by atoms with Gasteiger partial charge in [-0.3, -0.25) is 4.98 Å². The molecule has 1 unspecified atom stereocenters. The van der Waals surface area contributed by atoms with Crippen LogP contribution in [0.4, 0.5) is 10.6 Å². The van der Waals surface area contributed by atoms with Crippen LogP contribution in [-0.4, -0.2) is 71.3 Å². The van der Waals surface area contributed by atoms with Crippen molar-refractivity contribution in [1.82, 2.24) is 25.2 Å². The van der Waals surface area contributed by atoms with Gasteiger partial charge in [0.15, 0.2) is 5.82 Å². The lowest BCUT2D eigenvalue weighted by atomic mass is 9.89. The predicted octanol–water partition coefficient (Wildman–Crippen LogP) is 2.35. The molecule has 2 saturated heterocycles. The van der Waals surface area contributed by atoms with Gasteiger partial charge in [-0.1, -0.05) is 24.3 Å². The maximum absolute atomic E-state index is 11.4. The molecule has 2 aliphatic rings. The quantitative estimate of drug-likeness (QED) is 0.549. The number of hydrogen-bond donors (Lipinski definition) is 3. The van der Waals surface area contributed by atoms with Gasteiger partial charge in [0, 0.05) is 50.7 Å². The van der Waals surface area contributed by atoms with E-state index in [1.807, 2.05) is 6.07 Å². The highest BCUT2D eigenvalue weighted by Gasteiger charge is 2.22. The van der Waals surface area contributed by atoms with Crippen molar-refractivity contribution in [3.8, 4) is 11.3 Å². The third-order valence-electron chi connectivity index (χ3n) is 6.44. The largest absolute Gasteiger partial charge is 0.374 e. The van der Waals surface area contributed by atoms with Gasteiger partial charge in [-0.2, -0.15) is 0 Å². The van der Waals surface area contributed by atoms with E-state index < -0.39 is 0 Å². The fraction of sp³-hybridized carbons (Fsp3) is 0.417. The normalized spacial score (nSPS) is 19.5. The molecule has 172 valence electrons. The maximum Gasteiger partial charge on any atom is 0.314 e. The number of morpholine rings is 1. The number of pyridine rings is 1. The van der Waals surface area contributed by atoms with Crippen molar-refractivity contribution in [2.24, 2.45) is 5.73 Å². The number of piperidine rings is 1. The van der Waals surface area contributed by atoms with Crippen molar-refractivity contribution in [2.75, 3.05) is 44.6 Å². The van der Waals surface area contributed by atoms with Gasteiger partial charge in [-0.15, -0.1) is 0 Å². The van der Waals surface area contributed by atoms with Gasteiger partial charge in [0.05, 0.1) is 23.9 Å². The second kappa shape index (κ2) is 9.68. The molecule has 0 spiro atoms. The van der Waals surface area contributed by atoms with Crippen LogP contribution < -0.4 is 16.4 Å². The summed E-state index contributed by atoms with van der Waals surface area (Å²) in [6.45, 7) is 4.49. The van der Waals surface area contributed by atoms with Crippen molar-refractivity contribution < 1.29 is 9.53 Å². The number of nitrogens with zero attached hydrogens (tertiary/aromatic N) is 4. The highest BCUT2D eigenvalue weighted by Crippen LogP contribution is 2.31. The molecular formula is C24H29N7O2. The van der Waals surface area contributed by atoms with E-state index in [0.29, 0.717) is 38.0 Å². The molecule has 9 nitrogen and oxygen atoms in total. The average molecular weight is 448 g/mol. The van der Waals surface area contributed by atoms with Crippen molar-refractivity contribution >= 4 is 22.9 Å². The molecule has 5 rings (SSSR count). The lowest BCUT2D eigenvalue weighted by Gasteiger charge is -2.31. The Hall–Kier alpha value is -3.30. The average Bonchev–Trinajstić information content (AvgIpc) is 2.88. The zero-order chi connectivity index (χ0) is 22.6. The van der Waals surface area contributed by atoms with Crippen LogP contribution in [0.15, 0.2) is 42.7 Å². The summed E-state index contributed by atoms with van der Waals surface area (Å²) in [7, 11) is 0. The molecule has 0 bridgehead atoms. The van der Waals surface area contributed by atoms with Crippen LogP contribution in [0.2, 0.25) is 0 Å². The molecule has 4 N–H and O–H groups in total. The van der Waals surface area contributed by atoms with E-state index in [9.17, 15) is 4.79 Å². The molecule has 9 heteroatoms. The van der Waals surface area contributed by atoms with Crippen LogP contribution in [0.5, 0.6) is 0 Å². The van der Waals surface area contributed by atoms with Crippen molar-refractivity contribution in [1.29, 1.82) is 0 Å². The number of nitrogens with two attached hydrogens (primary N) is 1. The van der Waals surface area contributed by atoms with E-state index in [1.165, 1.54) is 5.56 Å². The van der Waals surface area contributed by atoms with Crippen LogP contribution >= 0.6 is 0 Å². The number of nitrogens with one attached hydrogen (secondary N) is 2. The summed E-state index contributed by atoms with van der Waals surface area (Å²) in [6, 6.07) is 10.2. The van der Waals surface area contributed by atoms with E-state index in [4.69, 9.17) is 15.5 Å². The highest BCUT2D eigenvalue weighted by atomic mass is 16.5. The van der Waals surface area contributed by atoms with Crippen LogP contribution in [0.1, 0.15) is 24.3 Å². The number of anilines is 1. The number of benzene rings is 1. The lowest BCUT2D eigenvalue weighted by molar-refractivity contribution is 0.0372. The molecule has 1 aromatic carbocycles. The van der Waals surface area contributed by atoms with Crippen LogP contribution in [0.25, 0.3) is 22.3 Å². The Kier molecular flexibility index (Phi) is 6.32. The molecule has 1 atom stereocenters. The number of primary amides is 1. The Bertz CT molecular complexity index is 1110. The summed E-state index contributed by atoms with van der Waals surface area (Å²) < 4.78 is 5.80. The van der Waals surface area contributed by atoms with E-state index in [1.54, 1.807) is 17.3 Å². The van der Waals surface area contributed by atoms with Crippen LogP contribution in [0, 0.1) is 0 Å². The second-order valence-corrected chi connectivity index (χ2v) is 8.58. The number of fused-ring (bicyclic) bond motifs is 1. The first-order chi connectivity index (χ1) is 16.2. The Labute approximate surface area is 192 Å². The molecule has 3 aromatic rings. The number of amides is 2. The van der Waals surface area contributed by atoms with Crippen LogP contribution in [0.3, 0.4) is 0 Å². The van der Waals surface area contributed by atoms with E-state index in [0.717, 1.165) is 48.2 Å². The molecule has 4 heterocycles. The van der Waals surface area contributed by atoms with E-state index in [2.05, 4.69) is 44.9 Å². The first kappa shape index (κ1) is 21.5. The van der Waals surface area contributed by atoms with Crippen LogP contribution in [-0.2, 0) is 4.74 Å². The number of carbonyl (C=O) groups is 1. The Balaban J connectivity index is 1.35. The number of carbonyl (C=O) groups excluding carboxylic acids is 1. The minimum Gasteiger partial charge on any atom is -0.374 e. The van der Waals surface area contributed by atoms with E-state index >= 15 is 0 Å². The smallest absolute Gasteiger partial charge is 0.314 e. The number of ether oxygens (including phenoxy) is 1. The fourth-order valence-electron chi connectivity index (χ4n) is 4.56. The first-order valence-electron chi connectivity index (χ1n) is 11.5. The topological polar surface area (TPSA) is 118 Å². The summed E-state index contributed by atoms with van der Waals surface area (Å²) in [5.41, 5.74) is 10.1. The molecule has 2 amide bonds. The summed E-state index contributed by atoms with van der Waals surface area (Å²) in [5.74, 6) is 1.15. The number of urea groups is 1. The molecular weight excluding hydrogens is 418 g/mol. The van der Waals surface area contributed by atoms with Gasteiger partial charge in [-0.05, 0) is 30.4 Å². The monoisotopic (exact) mass is 447 g/mol. The zero-order valence-electron chi connectivity index (χ0n) is 18.5. The number of hydrogen-bond acceptors (Lipinski definition) is 7. The number of aromatic nitrogens is 3. The fourth-order valence-corrected chi connectivity index (χ4v) is 4.56. The summed E-state index contributed by atoms with van der Waals surface area (Å²) in [4.78, 5) is 27.0. The van der Waals surface area contributed by atoms with Gasteiger partial charge in [0.1, 0.15) is 5.52 Å². The van der Waals surface area contributed by atoms with Gasteiger partial charge >= 0.3 is 6.03 Å². The Morgan fingerprint density at radius 1 is 1.18 bits per heavy atom. The van der Waals surface area contributed by atoms with Crippen molar-refractivity contribution in [3.05, 3.63) is 48.3 Å². The lowest BCUT2D eigenvalue weighted by Crippen LogP contribution is -2.42. The molecule has 2 fully saturated rings. The van der Waals surface area contributed by atoms with Gasteiger partial charge in [-0.25, -0.2) is 14.8 Å². The third kappa shape index (κ3) is 4.89. The maximum atomic E-state index is 11.4. The standard InChI is InChI=1S/C24H29N7O2/c25-24(32)31-10-5-17(6-11-31)16-1-3-18(4-2-16)20-13-21-22(28-8-7-27-21)23(30-20)29-15-19-14-26-9-12-33-19/h1-4,7-8,13,17,19,26H,5-6,9-12,14-15H2,(H2,25,32)(H,29,30). The van der Waals surface area contributed by atoms with Gasteiger partial charge < -0.3 is 26.0 Å². The number of rotatable bonds is 5. The van der Waals surface area contributed by atoms with E-state index in [-0.39, 0.29) is 12.1 Å². The zero-order valence-corrected chi connectivity index (χ0v) is 18.5. The molecule has 2 aromatic heterocycles. The van der Waals surface area contributed by atoms with Gasteiger partial charge in [0.2, 0.25) is 0 Å². The summed E-state index contributed by atoms with van der Waals surface area (Å²) in [6.07, 6.45) is 5.34. The van der Waals surface area contributed by atoms with Gasteiger partial charge in [0.25, 0.3) is 0 Å².